The minimum absolute atomic E-state index is 0.192. The highest BCUT2D eigenvalue weighted by Gasteiger charge is 2.34. The van der Waals surface area contributed by atoms with E-state index in [0.717, 1.165) is 24.1 Å². The normalized spacial score (nSPS) is 16.7. The molecular formula is C20H21FN2O2. The molecule has 3 rings (SSSR count). The summed E-state index contributed by atoms with van der Waals surface area (Å²) >= 11 is 0. The van der Waals surface area contributed by atoms with E-state index in [4.69, 9.17) is 0 Å². The molecule has 0 aromatic heterocycles. The molecule has 1 saturated heterocycles. The molecule has 0 spiro atoms. The monoisotopic (exact) mass is 340 g/mol. The van der Waals surface area contributed by atoms with Crippen LogP contribution in [-0.2, 0) is 11.2 Å². The number of hydrogen-bond acceptors (Lipinski definition) is 2. The van der Waals surface area contributed by atoms with E-state index in [1.165, 1.54) is 18.2 Å². The van der Waals surface area contributed by atoms with Crippen LogP contribution >= 0.6 is 0 Å². The van der Waals surface area contributed by atoms with E-state index >= 15 is 0 Å². The molecule has 1 aliphatic rings. The SMILES string of the molecule is CCc1ccccc1NC(=O)C1CCCN1C(=O)c1cccc(F)c1. The van der Waals surface area contributed by atoms with Crippen molar-refractivity contribution in [3.63, 3.8) is 0 Å². The summed E-state index contributed by atoms with van der Waals surface area (Å²) in [6.45, 7) is 2.53. The van der Waals surface area contributed by atoms with Crippen molar-refractivity contribution in [3.05, 3.63) is 65.5 Å². The summed E-state index contributed by atoms with van der Waals surface area (Å²) in [5.74, 6) is -0.952. The Morgan fingerprint density at radius 3 is 2.76 bits per heavy atom. The molecule has 1 fully saturated rings. The van der Waals surface area contributed by atoms with E-state index in [1.807, 2.05) is 31.2 Å². The first-order valence-corrected chi connectivity index (χ1v) is 8.55. The summed E-state index contributed by atoms with van der Waals surface area (Å²) in [4.78, 5) is 26.9. The molecule has 2 aromatic rings. The molecule has 130 valence electrons. The van der Waals surface area contributed by atoms with Gasteiger partial charge in [0.05, 0.1) is 0 Å². The minimum Gasteiger partial charge on any atom is -0.327 e. The second-order valence-corrected chi connectivity index (χ2v) is 6.17. The molecule has 5 heteroatoms. The maximum Gasteiger partial charge on any atom is 0.254 e. The average molecular weight is 340 g/mol. The molecule has 1 atom stereocenters. The molecule has 0 saturated carbocycles. The van der Waals surface area contributed by atoms with Gasteiger partial charge in [0.25, 0.3) is 5.91 Å². The van der Waals surface area contributed by atoms with Crippen LogP contribution in [-0.4, -0.2) is 29.3 Å². The van der Waals surface area contributed by atoms with Gasteiger partial charge in [-0.1, -0.05) is 31.2 Å². The third-order valence-electron chi connectivity index (χ3n) is 4.54. The van der Waals surface area contributed by atoms with Gasteiger partial charge >= 0.3 is 0 Å². The van der Waals surface area contributed by atoms with E-state index in [1.54, 1.807) is 11.0 Å². The Balaban J connectivity index is 1.77. The van der Waals surface area contributed by atoms with E-state index in [-0.39, 0.29) is 17.4 Å². The van der Waals surface area contributed by atoms with Gasteiger partial charge in [-0.25, -0.2) is 4.39 Å². The smallest absolute Gasteiger partial charge is 0.254 e. The molecule has 4 nitrogen and oxygen atoms in total. The molecule has 25 heavy (non-hydrogen) atoms. The number of para-hydroxylation sites is 1. The second-order valence-electron chi connectivity index (χ2n) is 6.17. The summed E-state index contributed by atoms with van der Waals surface area (Å²) in [6.07, 6.45) is 2.18. The molecule has 2 aromatic carbocycles. The molecular weight excluding hydrogens is 319 g/mol. The average Bonchev–Trinajstić information content (AvgIpc) is 3.11. The molecule has 1 unspecified atom stereocenters. The Morgan fingerprint density at radius 2 is 2.00 bits per heavy atom. The van der Waals surface area contributed by atoms with Crippen LogP contribution in [0.3, 0.4) is 0 Å². The van der Waals surface area contributed by atoms with Crippen molar-refractivity contribution < 1.29 is 14.0 Å². The zero-order valence-electron chi connectivity index (χ0n) is 14.2. The van der Waals surface area contributed by atoms with Crippen LogP contribution in [0.1, 0.15) is 35.7 Å². The van der Waals surface area contributed by atoms with Crippen molar-refractivity contribution in [2.75, 3.05) is 11.9 Å². The Hall–Kier alpha value is -2.69. The first-order valence-electron chi connectivity index (χ1n) is 8.55. The summed E-state index contributed by atoms with van der Waals surface area (Å²) in [5, 5.41) is 2.94. The minimum atomic E-state index is -0.527. The fraction of sp³-hybridized carbons (Fsp3) is 0.300. The molecule has 2 amide bonds. The number of carbonyl (C=O) groups excluding carboxylic acids is 2. The van der Waals surface area contributed by atoms with Crippen LogP contribution in [0.15, 0.2) is 48.5 Å². The van der Waals surface area contributed by atoms with E-state index in [2.05, 4.69) is 5.32 Å². The van der Waals surface area contributed by atoms with Crippen LogP contribution < -0.4 is 5.32 Å². The van der Waals surface area contributed by atoms with Crippen molar-refractivity contribution in [2.24, 2.45) is 0 Å². The van der Waals surface area contributed by atoms with Gasteiger partial charge in [0.2, 0.25) is 5.91 Å². The number of amides is 2. The standard InChI is InChI=1S/C20H21FN2O2/c1-2-14-7-3-4-10-17(14)22-19(24)18-11-6-12-23(18)20(25)15-8-5-9-16(21)13-15/h3-5,7-10,13,18H,2,6,11-12H2,1H3,(H,22,24). The number of aryl methyl sites for hydroxylation is 1. The largest absolute Gasteiger partial charge is 0.327 e. The van der Waals surface area contributed by atoms with Crippen molar-refractivity contribution in [2.45, 2.75) is 32.2 Å². The lowest BCUT2D eigenvalue weighted by Crippen LogP contribution is -2.43. The number of anilines is 1. The van der Waals surface area contributed by atoms with Gasteiger partial charge in [-0.2, -0.15) is 0 Å². The Kier molecular flexibility index (Phi) is 5.12. The number of nitrogens with one attached hydrogen (secondary N) is 1. The first-order chi connectivity index (χ1) is 12.1. The number of hydrogen-bond donors (Lipinski definition) is 1. The van der Waals surface area contributed by atoms with Gasteiger partial charge in [0, 0.05) is 17.8 Å². The number of halogens is 1. The van der Waals surface area contributed by atoms with E-state index in [0.29, 0.717) is 13.0 Å². The van der Waals surface area contributed by atoms with Gasteiger partial charge in [-0.15, -0.1) is 0 Å². The lowest BCUT2D eigenvalue weighted by Gasteiger charge is -2.24. The molecule has 1 heterocycles. The molecule has 0 radical (unpaired) electrons. The number of carbonyl (C=O) groups is 2. The van der Waals surface area contributed by atoms with Crippen LogP contribution in [0.2, 0.25) is 0 Å². The van der Waals surface area contributed by atoms with Crippen LogP contribution in [0.4, 0.5) is 10.1 Å². The Labute approximate surface area is 146 Å². The quantitative estimate of drug-likeness (QED) is 0.924. The summed E-state index contributed by atoms with van der Waals surface area (Å²) in [6, 6.07) is 12.7. The maximum absolute atomic E-state index is 13.4. The van der Waals surface area contributed by atoms with Gasteiger partial charge in [0.1, 0.15) is 11.9 Å². The lowest BCUT2D eigenvalue weighted by atomic mass is 10.1. The molecule has 0 aliphatic carbocycles. The van der Waals surface area contributed by atoms with Crippen LogP contribution in [0.5, 0.6) is 0 Å². The van der Waals surface area contributed by atoms with E-state index < -0.39 is 11.9 Å². The van der Waals surface area contributed by atoms with Gasteiger partial charge in [-0.3, -0.25) is 9.59 Å². The molecule has 0 bridgehead atoms. The van der Waals surface area contributed by atoms with Crippen molar-refractivity contribution in [3.8, 4) is 0 Å². The molecule has 1 N–H and O–H groups in total. The zero-order valence-corrected chi connectivity index (χ0v) is 14.2. The number of likely N-dealkylation sites (tertiary alicyclic amines) is 1. The predicted octanol–water partition coefficient (Wildman–Crippen LogP) is 3.63. The summed E-state index contributed by atoms with van der Waals surface area (Å²) < 4.78 is 13.4. The number of benzene rings is 2. The van der Waals surface area contributed by atoms with E-state index in [9.17, 15) is 14.0 Å². The Morgan fingerprint density at radius 1 is 1.20 bits per heavy atom. The third-order valence-corrected chi connectivity index (χ3v) is 4.54. The van der Waals surface area contributed by atoms with Gasteiger partial charge in [-0.05, 0) is 49.1 Å². The van der Waals surface area contributed by atoms with Gasteiger partial charge < -0.3 is 10.2 Å². The zero-order chi connectivity index (χ0) is 17.8. The summed E-state index contributed by atoms with van der Waals surface area (Å²) in [5.41, 5.74) is 2.10. The second kappa shape index (κ2) is 7.47. The predicted molar refractivity (Wildman–Crippen MR) is 94.9 cm³/mol. The fourth-order valence-electron chi connectivity index (χ4n) is 3.24. The maximum atomic E-state index is 13.4. The van der Waals surface area contributed by atoms with Crippen molar-refractivity contribution >= 4 is 17.5 Å². The third kappa shape index (κ3) is 3.71. The highest BCUT2D eigenvalue weighted by atomic mass is 19.1. The molecule has 1 aliphatic heterocycles. The number of nitrogens with zero attached hydrogens (tertiary/aromatic N) is 1. The number of rotatable bonds is 4. The van der Waals surface area contributed by atoms with Gasteiger partial charge in [0.15, 0.2) is 0 Å². The van der Waals surface area contributed by atoms with Crippen LogP contribution in [0.25, 0.3) is 0 Å². The Bertz CT molecular complexity index is 791. The first kappa shape index (κ1) is 17.1. The summed E-state index contributed by atoms with van der Waals surface area (Å²) in [7, 11) is 0. The van der Waals surface area contributed by atoms with Crippen molar-refractivity contribution in [1.82, 2.24) is 4.90 Å². The van der Waals surface area contributed by atoms with Crippen LogP contribution in [0, 0.1) is 5.82 Å². The highest BCUT2D eigenvalue weighted by Crippen LogP contribution is 2.23. The topological polar surface area (TPSA) is 49.4 Å². The fourth-order valence-corrected chi connectivity index (χ4v) is 3.24. The van der Waals surface area contributed by atoms with Crippen molar-refractivity contribution in [1.29, 1.82) is 0 Å². The lowest BCUT2D eigenvalue weighted by molar-refractivity contribution is -0.119. The highest BCUT2D eigenvalue weighted by molar-refractivity contribution is 6.01.